The van der Waals surface area contributed by atoms with Crippen molar-refractivity contribution in [3.8, 4) is 18.1 Å². The summed E-state index contributed by atoms with van der Waals surface area (Å²) in [6.45, 7) is 1.26. The van der Waals surface area contributed by atoms with Crippen molar-refractivity contribution in [3.05, 3.63) is 77.5 Å². The Kier molecular flexibility index (Phi) is 8.53. The fourth-order valence-electron chi connectivity index (χ4n) is 3.99. The number of carboxylic acid groups (broad SMARTS) is 1. The van der Waals surface area contributed by atoms with Gasteiger partial charge in [0.1, 0.15) is 11.6 Å². The lowest BCUT2D eigenvalue weighted by atomic mass is 9.98. The molecule has 0 radical (unpaired) electrons. The van der Waals surface area contributed by atoms with E-state index in [2.05, 4.69) is 26.5 Å². The van der Waals surface area contributed by atoms with E-state index < -0.39 is 17.8 Å². The van der Waals surface area contributed by atoms with Gasteiger partial charge in [-0.05, 0) is 67.4 Å². The van der Waals surface area contributed by atoms with Crippen LogP contribution in [0, 0.1) is 18.3 Å². The molecule has 0 unspecified atom stereocenters. The van der Waals surface area contributed by atoms with Crippen LogP contribution in [0.25, 0.3) is 0 Å². The first-order valence-corrected chi connectivity index (χ1v) is 12.2. The number of aromatic nitrogens is 1. The molecule has 3 aromatic rings. The number of pyridine rings is 1. The zero-order valence-corrected chi connectivity index (χ0v) is 21.3. The Bertz CT molecular complexity index is 1420. The lowest BCUT2D eigenvalue weighted by molar-refractivity contribution is -0.143. The summed E-state index contributed by atoms with van der Waals surface area (Å²) in [6, 6.07) is 14.7. The number of piperidine rings is 1. The van der Waals surface area contributed by atoms with Gasteiger partial charge in [-0.2, -0.15) is 0 Å². The predicted molar refractivity (Wildman–Crippen MR) is 148 cm³/mol. The SMILES string of the molecule is C#Cc1ccc(NC(=O)c2cc(OC)ccc2NC(=O)c2ccc(N=CN3CCC(C(=O)O)CC3)cc2)nc1. The maximum atomic E-state index is 13.0. The number of hydrogen-bond acceptors (Lipinski definition) is 6. The van der Waals surface area contributed by atoms with Crippen LogP contribution in [0.3, 0.4) is 0 Å². The monoisotopic (exact) mass is 525 g/mol. The molecule has 10 nitrogen and oxygen atoms in total. The Balaban J connectivity index is 1.42. The fraction of sp³-hybridized carbons (Fsp3) is 0.207. The Hall–Kier alpha value is -5.17. The third kappa shape index (κ3) is 6.99. The minimum Gasteiger partial charge on any atom is -0.497 e. The quantitative estimate of drug-likeness (QED) is 0.230. The zero-order valence-electron chi connectivity index (χ0n) is 21.3. The zero-order chi connectivity index (χ0) is 27.8. The van der Waals surface area contributed by atoms with E-state index >= 15 is 0 Å². The van der Waals surface area contributed by atoms with Gasteiger partial charge in [0.15, 0.2) is 0 Å². The van der Waals surface area contributed by atoms with E-state index in [1.54, 1.807) is 54.9 Å². The molecule has 0 atom stereocenters. The first-order chi connectivity index (χ1) is 18.9. The molecule has 1 aliphatic rings. The molecule has 0 bridgehead atoms. The largest absolute Gasteiger partial charge is 0.497 e. The molecule has 2 aromatic carbocycles. The first kappa shape index (κ1) is 26.9. The molecule has 39 heavy (non-hydrogen) atoms. The van der Waals surface area contributed by atoms with Crippen LogP contribution in [0.2, 0.25) is 0 Å². The van der Waals surface area contributed by atoms with Crippen LogP contribution < -0.4 is 15.4 Å². The molecule has 4 rings (SSSR count). The smallest absolute Gasteiger partial charge is 0.306 e. The third-order valence-corrected chi connectivity index (χ3v) is 6.27. The molecule has 10 heteroatoms. The number of terminal acetylenes is 1. The van der Waals surface area contributed by atoms with E-state index in [1.165, 1.54) is 19.4 Å². The van der Waals surface area contributed by atoms with Gasteiger partial charge in [0.2, 0.25) is 0 Å². The van der Waals surface area contributed by atoms with Gasteiger partial charge in [0.05, 0.1) is 36.3 Å². The van der Waals surface area contributed by atoms with E-state index in [0.717, 1.165) is 0 Å². The molecular formula is C29H27N5O5. The summed E-state index contributed by atoms with van der Waals surface area (Å²) in [6.07, 6.45) is 9.69. The lowest BCUT2D eigenvalue weighted by Gasteiger charge is -2.28. The average molecular weight is 526 g/mol. The van der Waals surface area contributed by atoms with Crippen molar-refractivity contribution in [2.75, 3.05) is 30.8 Å². The maximum Gasteiger partial charge on any atom is 0.306 e. The number of methoxy groups -OCH3 is 1. The number of nitrogens with zero attached hydrogens (tertiary/aromatic N) is 3. The van der Waals surface area contributed by atoms with E-state index in [0.29, 0.717) is 60.0 Å². The van der Waals surface area contributed by atoms with Crippen molar-refractivity contribution in [2.24, 2.45) is 10.9 Å². The van der Waals surface area contributed by atoms with Crippen LogP contribution in [0.15, 0.2) is 65.8 Å². The molecule has 198 valence electrons. The van der Waals surface area contributed by atoms with Crippen LogP contribution in [-0.4, -0.2) is 59.3 Å². The summed E-state index contributed by atoms with van der Waals surface area (Å²) in [4.78, 5) is 47.6. The van der Waals surface area contributed by atoms with Gasteiger partial charge in [0, 0.05) is 30.4 Å². The number of aliphatic imine (C=N–C) groups is 1. The highest BCUT2D eigenvalue weighted by atomic mass is 16.5. The molecule has 2 amide bonds. The third-order valence-electron chi connectivity index (χ3n) is 6.27. The van der Waals surface area contributed by atoms with Gasteiger partial charge in [-0.15, -0.1) is 6.42 Å². The predicted octanol–water partition coefficient (Wildman–Crippen LogP) is 4.03. The van der Waals surface area contributed by atoms with E-state index in [9.17, 15) is 14.4 Å². The lowest BCUT2D eigenvalue weighted by Crippen LogP contribution is -2.35. The number of carboxylic acids is 1. The molecule has 1 aliphatic heterocycles. The average Bonchev–Trinajstić information content (AvgIpc) is 2.97. The Morgan fingerprint density at radius 2 is 1.82 bits per heavy atom. The first-order valence-electron chi connectivity index (χ1n) is 12.2. The summed E-state index contributed by atoms with van der Waals surface area (Å²) in [7, 11) is 1.48. The molecule has 0 spiro atoms. The van der Waals surface area contributed by atoms with Crippen LogP contribution in [0.5, 0.6) is 5.75 Å². The number of benzene rings is 2. The Labute approximate surface area is 225 Å². The van der Waals surface area contributed by atoms with Crippen molar-refractivity contribution < 1.29 is 24.2 Å². The number of aliphatic carboxylic acids is 1. The highest BCUT2D eigenvalue weighted by Gasteiger charge is 2.23. The number of nitrogens with one attached hydrogen (secondary N) is 2. The topological polar surface area (TPSA) is 133 Å². The van der Waals surface area contributed by atoms with E-state index in [1.807, 2.05) is 4.90 Å². The van der Waals surface area contributed by atoms with Crippen LogP contribution >= 0.6 is 0 Å². The highest BCUT2D eigenvalue weighted by molar-refractivity contribution is 6.12. The summed E-state index contributed by atoms with van der Waals surface area (Å²) in [5.41, 5.74) is 2.10. The molecule has 1 fully saturated rings. The number of hydrogen-bond donors (Lipinski definition) is 3. The van der Waals surface area contributed by atoms with Crippen LogP contribution in [0.1, 0.15) is 39.1 Å². The van der Waals surface area contributed by atoms with Crippen LogP contribution in [0.4, 0.5) is 17.2 Å². The van der Waals surface area contributed by atoms with Gasteiger partial charge >= 0.3 is 5.97 Å². The van der Waals surface area contributed by atoms with Crippen LogP contribution in [-0.2, 0) is 4.79 Å². The fourth-order valence-corrected chi connectivity index (χ4v) is 3.99. The van der Waals surface area contributed by atoms with Crippen molar-refractivity contribution in [3.63, 3.8) is 0 Å². The second kappa shape index (κ2) is 12.4. The summed E-state index contributed by atoms with van der Waals surface area (Å²) < 4.78 is 5.25. The normalized spacial score (nSPS) is 13.5. The number of ether oxygens (including phenoxy) is 1. The number of likely N-dealkylation sites (tertiary alicyclic amines) is 1. The van der Waals surface area contributed by atoms with Gasteiger partial charge in [0.25, 0.3) is 11.8 Å². The van der Waals surface area contributed by atoms with Gasteiger partial charge < -0.3 is 25.4 Å². The number of amides is 2. The summed E-state index contributed by atoms with van der Waals surface area (Å²) in [5.74, 6) is 1.27. The molecule has 0 saturated carbocycles. The summed E-state index contributed by atoms with van der Waals surface area (Å²) in [5, 5.41) is 14.6. The summed E-state index contributed by atoms with van der Waals surface area (Å²) >= 11 is 0. The minimum absolute atomic E-state index is 0.193. The number of anilines is 2. The molecule has 1 aromatic heterocycles. The second-order valence-electron chi connectivity index (χ2n) is 8.84. The molecular weight excluding hydrogens is 498 g/mol. The van der Waals surface area contributed by atoms with Crippen molar-refractivity contribution in [1.82, 2.24) is 9.88 Å². The molecule has 3 N–H and O–H groups in total. The molecule has 2 heterocycles. The van der Waals surface area contributed by atoms with Gasteiger partial charge in [-0.3, -0.25) is 14.4 Å². The minimum atomic E-state index is -0.754. The standard InChI is InChI=1S/C29H27N5O5/c1-3-19-4-11-26(30-17-19)33-28(36)24-16-23(39-2)9-10-25(24)32-27(35)20-5-7-22(8-6-20)31-18-34-14-12-21(13-15-34)29(37)38/h1,4-11,16-18,21H,12-15H2,2H3,(H,32,35)(H,37,38)(H,30,33,36). The van der Waals surface area contributed by atoms with Crippen molar-refractivity contribution in [1.29, 1.82) is 0 Å². The number of carbonyl (C=O) groups excluding carboxylic acids is 2. The van der Waals surface area contributed by atoms with Crippen molar-refractivity contribution >= 4 is 41.3 Å². The molecule has 0 aliphatic carbocycles. The van der Waals surface area contributed by atoms with Gasteiger partial charge in [-0.25, -0.2) is 9.98 Å². The van der Waals surface area contributed by atoms with Crippen molar-refractivity contribution in [2.45, 2.75) is 12.8 Å². The Morgan fingerprint density at radius 3 is 2.44 bits per heavy atom. The highest BCUT2D eigenvalue weighted by Crippen LogP contribution is 2.24. The maximum absolute atomic E-state index is 13.0. The Morgan fingerprint density at radius 1 is 1.08 bits per heavy atom. The molecule has 1 saturated heterocycles. The number of carbonyl (C=O) groups is 3. The van der Waals surface area contributed by atoms with Gasteiger partial charge in [-0.1, -0.05) is 5.92 Å². The second-order valence-corrected chi connectivity index (χ2v) is 8.84. The van der Waals surface area contributed by atoms with E-state index in [-0.39, 0.29) is 11.5 Å². The number of rotatable bonds is 8. The van der Waals surface area contributed by atoms with E-state index in [4.69, 9.17) is 16.3 Å².